The van der Waals surface area contributed by atoms with Gasteiger partial charge in [-0.05, 0) is 29.7 Å². The predicted octanol–water partition coefficient (Wildman–Crippen LogP) is 3.19. The summed E-state index contributed by atoms with van der Waals surface area (Å²) in [7, 11) is 1.59. The Balaban J connectivity index is 1.69. The molecule has 0 unspecified atom stereocenters. The molecule has 1 aliphatic rings. The first-order valence-electron chi connectivity index (χ1n) is 8.69. The van der Waals surface area contributed by atoms with Gasteiger partial charge < -0.3 is 20.2 Å². The van der Waals surface area contributed by atoms with Crippen molar-refractivity contribution in [1.29, 1.82) is 0 Å². The van der Waals surface area contributed by atoms with E-state index in [1.807, 2.05) is 30.3 Å². The Morgan fingerprint density at radius 3 is 2.69 bits per heavy atom. The van der Waals surface area contributed by atoms with Crippen LogP contribution >= 0.6 is 0 Å². The van der Waals surface area contributed by atoms with Crippen molar-refractivity contribution in [2.45, 2.75) is 19.4 Å². The number of hydrogen-bond donors (Lipinski definition) is 2. The molecule has 2 amide bonds. The van der Waals surface area contributed by atoms with Crippen LogP contribution in [0.25, 0.3) is 0 Å². The molecule has 26 heavy (non-hydrogen) atoms. The van der Waals surface area contributed by atoms with Crippen LogP contribution in [0.5, 0.6) is 0 Å². The molecule has 136 valence electrons. The summed E-state index contributed by atoms with van der Waals surface area (Å²) >= 11 is 0. The van der Waals surface area contributed by atoms with Crippen LogP contribution in [0, 0.1) is 0 Å². The number of nitrogens with one attached hydrogen (secondary N) is 1. The molecule has 2 aromatic carbocycles. The molecular formula is C20H23N3O3. The highest BCUT2D eigenvalue weighted by Crippen LogP contribution is 2.30. The lowest BCUT2D eigenvalue weighted by Gasteiger charge is -2.23. The number of benzene rings is 2. The zero-order valence-corrected chi connectivity index (χ0v) is 14.8. The maximum atomic E-state index is 12.3. The number of rotatable bonds is 6. The van der Waals surface area contributed by atoms with E-state index in [4.69, 9.17) is 5.11 Å². The van der Waals surface area contributed by atoms with Gasteiger partial charge in [-0.3, -0.25) is 4.79 Å². The smallest absolute Gasteiger partial charge is 0.321 e. The van der Waals surface area contributed by atoms with E-state index in [0.29, 0.717) is 6.54 Å². The topological polar surface area (TPSA) is 72.9 Å². The van der Waals surface area contributed by atoms with Gasteiger partial charge in [-0.15, -0.1) is 0 Å². The van der Waals surface area contributed by atoms with Crippen LogP contribution in [0.2, 0.25) is 0 Å². The summed E-state index contributed by atoms with van der Waals surface area (Å²) in [5, 5.41) is 11.7. The molecule has 2 N–H and O–H groups in total. The third-order valence-corrected chi connectivity index (χ3v) is 4.61. The fourth-order valence-corrected chi connectivity index (χ4v) is 3.13. The Kier molecular flexibility index (Phi) is 5.41. The number of fused-ring (bicyclic) bond motifs is 1. The van der Waals surface area contributed by atoms with Crippen LogP contribution < -0.4 is 10.2 Å². The summed E-state index contributed by atoms with van der Waals surface area (Å²) < 4.78 is 0. The third kappa shape index (κ3) is 4.14. The minimum absolute atomic E-state index is 0.0733. The lowest BCUT2D eigenvalue weighted by molar-refractivity contribution is -0.137. The van der Waals surface area contributed by atoms with Gasteiger partial charge in [0.1, 0.15) is 0 Å². The van der Waals surface area contributed by atoms with Crippen LogP contribution in [-0.4, -0.2) is 42.1 Å². The first-order valence-corrected chi connectivity index (χ1v) is 8.69. The number of carboxylic acid groups (broad SMARTS) is 1. The van der Waals surface area contributed by atoms with Crippen LogP contribution in [0.1, 0.15) is 17.5 Å². The summed E-state index contributed by atoms with van der Waals surface area (Å²) in [6.07, 6.45) is 0.957. The second kappa shape index (κ2) is 7.91. The van der Waals surface area contributed by atoms with Gasteiger partial charge in [0.15, 0.2) is 0 Å². The minimum Gasteiger partial charge on any atom is -0.481 e. The number of para-hydroxylation sites is 2. The molecule has 1 aliphatic heterocycles. The highest BCUT2D eigenvalue weighted by Gasteiger charge is 2.20. The summed E-state index contributed by atoms with van der Waals surface area (Å²) in [6.45, 7) is 1.84. The van der Waals surface area contributed by atoms with E-state index in [2.05, 4.69) is 28.4 Å². The maximum Gasteiger partial charge on any atom is 0.321 e. The van der Waals surface area contributed by atoms with Gasteiger partial charge in [0.25, 0.3) is 0 Å². The van der Waals surface area contributed by atoms with Crippen molar-refractivity contribution >= 4 is 23.4 Å². The lowest BCUT2D eigenvalue weighted by Crippen LogP contribution is -2.33. The number of anilines is 2. The molecule has 6 nitrogen and oxygen atoms in total. The van der Waals surface area contributed by atoms with E-state index < -0.39 is 5.97 Å². The summed E-state index contributed by atoms with van der Waals surface area (Å²) in [6, 6.07) is 15.8. The first-order chi connectivity index (χ1) is 12.5. The third-order valence-electron chi connectivity index (χ3n) is 4.61. The second-order valence-corrected chi connectivity index (χ2v) is 6.45. The number of urea groups is 1. The zero-order valence-electron chi connectivity index (χ0n) is 14.8. The zero-order chi connectivity index (χ0) is 18.5. The standard InChI is InChI=1S/C20H23N3O3/c1-22(12-11-19(24)25)20(26)21-17-8-4-2-7-16(17)14-23-13-10-15-6-3-5-9-18(15)23/h2-9H,10-14H2,1H3,(H,21,26)(H,24,25). The van der Waals surface area contributed by atoms with Crippen molar-refractivity contribution < 1.29 is 14.7 Å². The fourth-order valence-electron chi connectivity index (χ4n) is 3.13. The summed E-state index contributed by atoms with van der Waals surface area (Å²) in [4.78, 5) is 26.7. The molecule has 0 fully saturated rings. The van der Waals surface area contributed by atoms with Crippen molar-refractivity contribution in [2.75, 3.05) is 30.4 Å². The normalized spacial score (nSPS) is 12.6. The Morgan fingerprint density at radius 1 is 1.15 bits per heavy atom. The van der Waals surface area contributed by atoms with Crippen molar-refractivity contribution in [1.82, 2.24) is 4.90 Å². The number of amides is 2. The highest BCUT2D eigenvalue weighted by atomic mass is 16.4. The molecule has 0 radical (unpaired) electrons. The Hall–Kier alpha value is -3.02. The number of nitrogens with zero attached hydrogens (tertiary/aromatic N) is 2. The summed E-state index contributed by atoms with van der Waals surface area (Å²) in [5.41, 5.74) is 4.38. The number of carboxylic acids is 1. The van der Waals surface area contributed by atoms with Crippen molar-refractivity contribution in [2.24, 2.45) is 0 Å². The second-order valence-electron chi connectivity index (χ2n) is 6.45. The van der Waals surface area contributed by atoms with Gasteiger partial charge in [0.2, 0.25) is 0 Å². The number of carbonyl (C=O) groups is 2. The van der Waals surface area contributed by atoms with Gasteiger partial charge in [-0.1, -0.05) is 36.4 Å². The fraction of sp³-hybridized carbons (Fsp3) is 0.300. The largest absolute Gasteiger partial charge is 0.481 e. The molecule has 0 aromatic heterocycles. The molecule has 2 aromatic rings. The van der Waals surface area contributed by atoms with E-state index in [1.54, 1.807) is 7.05 Å². The maximum absolute atomic E-state index is 12.3. The van der Waals surface area contributed by atoms with Crippen LogP contribution in [0.15, 0.2) is 48.5 Å². The Morgan fingerprint density at radius 2 is 1.88 bits per heavy atom. The quantitative estimate of drug-likeness (QED) is 0.836. The van der Waals surface area contributed by atoms with Crippen molar-refractivity contribution in [3.8, 4) is 0 Å². The van der Waals surface area contributed by atoms with E-state index in [1.165, 1.54) is 16.2 Å². The van der Waals surface area contributed by atoms with E-state index in [9.17, 15) is 9.59 Å². The molecule has 0 aliphatic carbocycles. The van der Waals surface area contributed by atoms with Crippen molar-refractivity contribution in [3.05, 3.63) is 59.7 Å². The Bertz CT molecular complexity index is 806. The minimum atomic E-state index is -0.919. The van der Waals surface area contributed by atoms with Gasteiger partial charge in [0.05, 0.1) is 6.42 Å². The molecule has 0 bridgehead atoms. The summed E-state index contributed by atoms with van der Waals surface area (Å²) in [5.74, 6) is -0.919. The van der Waals surface area contributed by atoms with Gasteiger partial charge >= 0.3 is 12.0 Å². The molecule has 6 heteroatoms. The van der Waals surface area contributed by atoms with Gasteiger partial charge in [-0.2, -0.15) is 0 Å². The lowest BCUT2D eigenvalue weighted by atomic mass is 10.1. The number of carbonyl (C=O) groups excluding carboxylic acids is 1. The van der Waals surface area contributed by atoms with Gasteiger partial charge in [0, 0.05) is 38.1 Å². The monoisotopic (exact) mass is 353 g/mol. The molecule has 0 atom stereocenters. The van der Waals surface area contributed by atoms with E-state index in [-0.39, 0.29) is 19.0 Å². The van der Waals surface area contributed by atoms with Gasteiger partial charge in [-0.25, -0.2) is 4.79 Å². The van der Waals surface area contributed by atoms with Crippen LogP contribution in [-0.2, 0) is 17.8 Å². The van der Waals surface area contributed by atoms with E-state index in [0.717, 1.165) is 24.2 Å². The highest BCUT2D eigenvalue weighted by molar-refractivity contribution is 5.90. The van der Waals surface area contributed by atoms with E-state index >= 15 is 0 Å². The Labute approximate surface area is 153 Å². The van der Waals surface area contributed by atoms with Crippen molar-refractivity contribution in [3.63, 3.8) is 0 Å². The van der Waals surface area contributed by atoms with Crippen LogP contribution in [0.3, 0.4) is 0 Å². The average Bonchev–Trinajstić information content (AvgIpc) is 3.04. The van der Waals surface area contributed by atoms with Crippen LogP contribution in [0.4, 0.5) is 16.2 Å². The molecule has 0 saturated heterocycles. The number of hydrogen-bond acceptors (Lipinski definition) is 3. The molecule has 0 spiro atoms. The number of aliphatic carboxylic acids is 1. The SMILES string of the molecule is CN(CCC(=O)O)C(=O)Nc1ccccc1CN1CCc2ccccc21. The molecular weight excluding hydrogens is 330 g/mol. The first kappa shape index (κ1) is 17.8. The molecule has 1 heterocycles. The molecule has 0 saturated carbocycles. The predicted molar refractivity (Wildman–Crippen MR) is 102 cm³/mol. The average molecular weight is 353 g/mol. The molecule has 3 rings (SSSR count).